The standard InChI is InChI=1S/C15H9F3N4O4/c16-15(17,18)14(26)20-6-1-3-7(4-2-6)22-9(23)5-8-10(11(22)19)13(25)21-12(8)24/h1-5H,19H2,(H,20,26)(H,21,24,25). The van der Waals surface area contributed by atoms with E-state index in [9.17, 15) is 32.3 Å². The number of alkyl halides is 3. The molecule has 3 rings (SSSR count). The molecule has 11 heteroatoms. The van der Waals surface area contributed by atoms with Crippen LogP contribution in [0.3, 0.4) is 0 Å². The molecule has 0 bridgehead atoms. The Morgan fingerprint density at radius 1 is 1.08 bits per heavy atom. The largest absolute Gasteiger partial charge is 0.471 e. The number of nitrogens with one attached hydrogen (secondary N) is 2. The maximum absolute atomic E-state index is 12.2. The van der Waals surface area contributed by atoms with Gasteiger partial charge in [-0.05, 0) is 24.3 Å². The Hall–Kier alpha value is -3.63. The molecular weight excluding hydrogens is 357 g/mol. The van der Waals surface area contributed by atoms with Gasteiger partial charge in [0.2, 0.25) is 0 Å². The number of imide groups is 1. The van der Waals surface area contributed by atoms with Gasteiger partial charge < -0.3 is 11.1 Å². The van der Waals surface area contributed by atoms with Crippen molar-refractivity contribution in [3.05, 3.63) is 51.8 Å². The Labute approximate surface area is 142 Å². The normalized spacial score (nSPS) is 13.3. The number of anilines is 2. The number of nitrogen functional groups attached to an aromatic ring is 1. The predicted octanol–water partition coefficient (Wildman–Crippen LogP) is 0.804. The molecule has 26 heavy (non-hydrogen) atoms. The second-order valence-corrected chi connectivity index (χ2v) is 5.27. The summed E-state index contributed by atoms with van der Waals surface area (Å²) in [4.78, 5) is 46.5. The minimum absolute atomic E-state index is 0.132. The number of carbonyl (C=O) groups is 3. The van der Waals surface area contributed by atoms with E-state index in [1.165, 1.54) is 12.1 Å². The second-order valence-electron chi connectivity index (χ2n) is 5.27. The SMILES string of the molecule is Nc1c2c(cc(=O)n1-c1ccc(NC(=O)C(F)(F)F)cc1)C(=O)NC2=O. The number of fused-ring (bicyclic) bond motifs is 1. The van der Waals surface area contributed by atoms with Crippen LogP contribution in [0.4, 0.5) is 24.7 Å². The van der Waals surface area contributed by atoms with Crippen LogP contribution in [0.15, 0.2) is 35.1 Å². The molecule has 0 saturated heterocycles. The zero-order chi connectivity index (χ0) is 19.2. The summed E-state index contributed by atoms with van der Waals surface area (Å²) in [5, 5.41) is 3.66. The molecule has 0 atom stereocenters. The van der Waals surface area contributed by atoms with Crippen LogP contribution in [0.1, 0.15) is 20.7 Å². The second kappa shape index (κ2) is 5.72. The summed E-state index contributed by atoms with van der Waals surface area (Å²) in [6, 6.07) is 5.65. The van der Waals surface area contributed by atoms with Gasteiger partial charge in [-0.15, -0.1) is 0 Å². The van der Waals surface area contributed by atoms with Gasteiger partial charge in [0.1, 0.15) is 5.82 Å². The Morgan fingerprint density at radius 3 is 2.27 bits per heavy atom. The van der Waals surface area contributed by atoms with Crippen LogP contribution in [0, 0.1) is 0 Å². The highest BCUT2D eigenvalue weighted by Crippen LogP contribution is 2.24. The van der Waals surface area contributed by atoms with Crippen LogP contribution in [0.5, 0.6) is 0 Å². The number of hydrogen-bond acceptors (Lipinski definition) is 5. The quantitative estimate of drug-likeness (QED) is 0.679. The molecule has 134 valence electrons. The first-order valence-electron chi connectivity index (χ1n) is 6.99. The lowest BCUT2D eigenvalue weighted by molar-refractivity contribution is -0.167. The average Bonchev–Trinajstić information content (AvgIpc) is 2.82. The summed E-state index contributed by atoms with van der Waals surface area (Å²) < 4.78 is 37.6. The van der Waals surface area contributed by atoms with E-state index in [0.29, 0.717) is 0 Å². The van der Waals surface area contributed by atoms with E-state index in [2.05, 4.69) is 0 Å². The fraction of sp³-hybridized carbons (Fsp3) is 0.0667. The van der Waals surface area contributed by atoms with Crippen LogP contribution in [-0.4, -0.2) is 28.5 Å². The van der Waals surface area contributed by atoms with Crippen molar-refractivity contribution in [2.45, 2.75) is 6.18 Å². The molecule has 1 aromatic carbocycles. The summed E-state index contributed by atoms with van der Waals surface area (Å²) in [6.07, 6.45) is -5.04. The number of nitrogens with zero attached hydrogens (tertiary/aromatic N) is 1. The number of pyridine rings is 1. The molecule has 1 aliphatic rings. The topological polar surface area (TPSA) is 123 Å². The van der Waals surface area contributed by atoms with Crippen LogP contribution in [-0.2, 0) is 4.79 Å². The highest BCUT2D eigenvalue weighted by atomic mass is 19.4. The van der Waals surface area contributed by atoms with Gasteiger partial charge in [0, 0.05) is 11.8 Å². The number of halogens is 3. The van der Waals surface area contributed by atoms with Crippen LogP contribution >= 0.6 is 0 Å². The van der Waals surface area contributed by atoms with Gasteiger partial charge in [0.15, 0.2) is 0 Å². The maximum Gasteiger partial charge on any atom is 0.471 e. The predicted molar refractivity (Wildman–Crippen MR) is 82.9 cm³/mol. The van der Waals surface area contributed by atoms with E-state index in [1.807, 2.05) is 5.32 Å². The lowest BCUT2D eigenvalue weighted by Gasteiger charge is -2.13. The average molecular weight is 366 g/mol. The summed E-state index contributed by atoms with van der Waals surface area (Å²) in [5.41, 5.74) is 4.78. The highest BCUT2D eigenvalue weighted by molar-refractivity contribution is 6.23. The van der Waals surface area contributed by atoms with E-state index < -0.39 is 29.5 Å². The molecule has 8 nitrogen and oxygen atoms in total. The van der Waals surface area contributed by atoms with E-state index in [4.69, 9.17) is 5.73 Å². The van der Waals surface area contributed by atoms with Crippen LogP contribution in [0.25, 0.3) is 5.69 Å². The highest BCUT2D eigenvalue weighted by Gasteiger charge is 2.38. The third-order valence-electron chi connectivity index (χ3n) is 3.59. The molecule has 4 N–H and O–H groups in total. The van der Waals surface area contributed by atoms with Gasteiger partial charge in [-0.1, -0.05) is 0 Å². The number of carbonyl (C=O) groups excluding carboxylic acids is 3. The summed E-state index contributed by atoms with van der Waals surface area (Å²) in [5.74, 6) is -3.94. The van der Waals surface area contributed by atoms with Crippen molar-refractivity contribution < 1.29 is 27.6 Å². The minimum Gasteiger partial charge on any atom is -0.384 e. The molecular formula is C15H9F3N4O4. The van der Waals surface area contributed by atoms with Crippen molar-refractivity contribution in [1.29, 1.82) is 0 Å². The lowest BCUT2D eigenvalue weighted by atomic mass is 10.1. The number of nitrogens with two attached hydrogens (primary N) is 1. The Morgan fingerprint density at radius 2 is 1.69 bits per heavy atom. The van der Waals surface area contributed by atoms with Gasteiger partial charge in [-0.3, -0.25) is 29.1 Å². The van der Waals surface area contributed by atoms with E-state index in [0.717, 1.165) is 22.8 Å². The number of hydrogen-bond donors (Lipinski definition) is 3. The summed E-state index contributed by atoms with van der Waals surface area (Å²) in [7, 11) is 0. The first-order chi connectivity index (χ1) is 12.1. The molecule has 2 heterocycles. The fourth-order valence-corrected chi connectivity index (χ4v) is 2.44. The monoisotopic (exact) mass is 366 g/mol. The van der Waals surface area contributed by atoms with Crippen molar-refractivity contribution in [3.8, 4) is 5.69 Å². The molecule has 0 fully saturated rings. The van der Waals surface area contributed by atoms with E-state index in [1.54, 1.807) is 5.32 Å². The molecule has 3 amide bonds. The third-order valence-corrected chi connectivity index (χ3v) is 3.59. The molecule has 0 spiro atoms. The molecule has 0 aliphatic carbocycles. The van der Waals surface area contributed by atoms with Gasteiger partial charge in [0.05, 0.1) is 16.8 Å². The first-order valence-corrected chi connectivity index (χ1v) is 6.99. The smallest absolute Gasteiger partial charge is 0.384 e. The molecule has 0 unspecified atom stereocenters. The number of rotatable bonds is 2. The van der Waals surface area contributed by atoms with Gasteiger partial charge >= 0.3 is 12.1 Å². The van der Waals surface area contributed by atoms with E-state index >= 15 is 0 Å². The van der Waals surface area contributed by atoms with Gasteiger partial charge in [0.25, 0.3) is 17.4 Å². The molecule has 1 aliphatic heterocycles. The zero-order valence-electron chi connectivity index (χ0n) is 12.7. The van der Waals surface area contributed by atoms with Crippen LogP contribution in [0.2, 0.25) is 0 Å². The van der Waals surface area contributed by atoms with Gasteiger partial charge in [-0.25, -0.2) is 0 Å². The molecule has 0 saturated carbocycles. The van der Waals surface area contributed by atoms with Crippen LogP contribution < -0.4 is 21.9 Å². The molecule has 0 radical (unpaired) electrons. The van der Waals surface area contributed by atoms with Gasteiger partial charge in [-0.2, -0.15) is 13.2 Å². The summed E-state index contributed by atoms with van der Waals surface area (Å²) in [6.45, 7) is 0. The van der Waals surface area contributed by atoms with Crippen molar-refractivity contribution >= 4 is 29.2 Å². The number of amides is 3. The van der Waals surface area contributed by atoms with Crippen molar-refractivity contribution in [3.63, 3.8) is 0 Å². The fourth-order valence-electron chi connectivity index (χ4n) is 2.44. The molecule has 2 aromatic rings. The Bertz CT molecular complexity index is 1010. The maximum atomic E-state index is 12.2. The summed E-state index contributed by atoms with van der Waals surface area (Å²) >= 11 is 0. The minimum atomic E-state index is -5.04. The van der Waals surface area contributed by atoms with Crippen molar-refractivity contribution in [1.82, 2.24) is 9.88 Å². The Kier molecular flexibility index (Phi) is 3.78. The molecule has 1 aromatic heterocycles. The van der Waals surface area contributed by atoms with Crippen molar-refractivity contribution in [2.24, 2.45) is 0 Å². The number of benzene rings is 1. The first kappa shape index (κ1) is 17.2. The third kappa shape index (κ3) is 2.79. The van der Waals surface area contributed by atoms with E-state index in [-0.39, 0.29) is 28.3 Å². The van der Waals surface area contributed by atoms with Crippen molar-refractivity contribution in [2.75, 3.05) is 11.1 Å². The zero-order valence-corrected chi connectivity index (χ0v) is 12.7. The number of aromatic nitrogens is 1. The lowest BCUT2D eigenvalue weighted by Crippen LogP contribution is -2.29. The Balaban J connectivity index is 2.00.